The first-order valence-corrected chi connectivity index (χ1v) is 11.0. The fourth-order valence-electron chi connectivity index (χ4n) is 4.63. The molecule has 0 saturated carbocycles. The van der Waals surface area contributed by atoms with Gasteiger partial charge in [-0.3, -0.25) is 9.59 Å². The van der Waals surface area contributed by atoms with Crippen LogP contribution in [0.15, 0.2) is 30.3 Å². The smallest absolute Gasteiger partial charge is 0.263 e. The largest absolute Gasteiger partial charge is 0.338 e. The van der Waals surface area contributed by atoms with E-state index < -0.39 is 0 Å². The number of carbonyl (C=O) groups excluding carboxylic acids is 2. The van der Waals surface area contributed by atoms with Gasteiger partial charge >= 0.3 is 0 Å². The summed E-state index contributed by atoms with van der Waals surface area (Å²) in [4.78, 5) is 32.1. The van der Waals surface area contributed by atoms with E-state index in [1.54, 1.807) is 11.3 Å². The Labute approximate surface area is 169 Å². The first-order valence-electron chi connectivity index (χ1n) is 10.2. The molecule has 1 fully saturated rings. The molecule has 0 spiro atoms. The van der Waals surface area contributed by atoms with E-state index in [1.165, 1.54) is 16.0 Å². The summed E-state index contributed by atoms with van der Waals surface area (Å²) in [5.41, 5.74) is 3.61. The van der Waals surface area contributed by atoms with Crippen molar-refractivity contribution in [3.8, 4) is 0 Å². The van der Waals surface area contributed by atoms with Crippen LogP contribution in [0.25, 0.3) is 0 Å². The van der Waals surface area contributed by atoms with Gasteiger partial charge in [0, 0.05) is 49.2 Å². The van der Waals surface area contributed by atoms with E-state index in [-0.39, 0.29) is 17.7 Å². The average molecular weight is 396 g/mol. The van der Waals surface area contributed by atoms with Crippen LogP contribution in [0.2, 0.25) is 0 Å². The van der Waals surface area contributed by atoms with Crippen LogP contribution in [0.1, 0.15) is 38.5 Å². The first kappa shape index (κ1) is 17.9. The Kier molecular flexibility index (Phi) is 4.69. The number of likely N-dealkylation sites (tertiary alicyclic amines) is 1. The van der Waals surface area contributed by atoms with Crippen molar-refractivity contribution in [1.29, 1.82) is 0 Å². The fraction of sp³-hybridized carbons (Fsp3) is 0.455. The molecule has 5 nitrogen and oxygen atoms in total. The lowest BCUT2D eigenvalue weighted by Gasteiger charge is -2.33. The lowest BCUT2D eigenvalue weighted by atomic mass is 9.95. The van der Waals surface area contributed by atoms with Crippen molar-refractivity contribution in [3.63, 3.8) is 0 Å². The van der Waals surface area contributed by atoms with Crippen molar-refractivity contribution >= 4 is 28.8 Å². The van der Waals surface area contributed by atoms with E-state index in [2.05, 4.69) is 17.4 Å². The summed E-state index contributed by atoms with van der Waals surface area (Å²) in [6, 6.07) is 10.3. The third kappa shape index (κ3) is 3.14. The summed E-state index contributed by atoms with van der Waals surface area (Å²) in [7, 11) is 0. The molecule has 1 saturated heterocycles. The molecule has 1 aromatic carbocycles. The molecule has 2 amide bonds. The second-order valence-electron chi connectivity index (χ2n) is 7.92. The zero-order valence-corrected chi connectivity index (χ0v) is 16.8. The van der Waals surface area contributed by atoms with Gasteiger partial charge in [0.15, 0.2) is 0 Å². The molecule has 1 aromatic heterocycles. The van der Waals surface area contributed by atoms with Crippen LogP contribution in [-0.2, 0) is 24.2 Å². The maximum atomic E-state index is 13.1. The van der Waals surface area contributed by atoms with E-state index in [0.717, 1.165) is 55.9 Å². The maximum Gasteiger partial charge on any atom is 0.263 e. The number of amides is 2. The van der Waals surface area contributed by atoms with Gasteiger partial charge in [0.1, 0.15) is 0 Å². The summed E-state index contributed by atoms with van der Waals surface area (Å²) in [6.07, 6.45) is 3.48. The van der Waals surface area contributed by atoms with Gasteiger partial charge in [-0.2, -0.15) is 0 Å². The molecule has 3 aliphatic rings. The van der Waals surface area contributed by atoms with E-state index in [0.29, 0.717) is 13.1 Å². The van der Waals surface area contributed by atoms with Crippen molar-refractivity contribution in [2.75, 3.05) is 31.1 Å². The molecule has 0 unspecified atom stereocenters. The number of fused-ring (bicyclic) bond motifs is 2. The van der Waals surface area contributed by atoms with Gasteiger partial charge < -0.3 is 15.1 Å². The topological polar surface area (TPSA) is 52.7 Å². The highest BCUT2D eigenvalue weighted by atomic mass is 32.1. The summed E-state index contributed by atoms with van der Waals surface area (Å²) >= 11 is 1.65. The van der Waals surface area contributed by atoms with Crippen molar-refractivity contribution in [3.05, 3.63) is 51.2 Å². The number of benzene rings is 1. The number of thiophene rings is 1. The Morgan fingerprint density at radius 2 is 1.86 bits per heavy atom. The number of carbonyl (C=O) groups is 2. The second kappa shape index (κ2) is 7.33. The fourth-order valence-corrected chi connectivity index (χ4v) is 5.78. The maximum absolute atomic E-state index is 13.1. The number of piperidine rings is 1. The highest BCUT2D eigenvalue weighted by Crippen LogP contribution is 2.32. The zero-order valence-electron chi connectivity index (χ0n) is 15.9. The van der Waals surface area contributed by atoms with E-state index >= 15 is 0 Å². The number of anilines is 1. The van der Waals surface area contributed by atoms with Crippen LogP contribution >= 0.6 is 11.3 Å². The highest BCUT2D eigenvalue weighted by molar-refractivity contribution is 7.14. The van der Waals surface area contributed by atoms with Crippen LogP contribution in [0.3, 0.4) is 0 Å². The molecule has 146 valence electrons. The van der Waals surface area contributed by atoms with E-state index in [4.69, 9.17) is 0 Å². The van der Waals surface area contributed by atoms with Crippen LogP contribution in [-0.4, -0.2) is 42.9 Å². The number of nitrogens with zero attached hydrogens (tertiary/aromatic N) is 2. The van der Waals surface area contributed by atoms with Gasteiger partial charge in [0.05, 0.1) is 4.88 Å². The predicted molar refractivity (Wildman–Crippen MR) is 111 cm³/mol. The third-order valence-corrected chi connectivity index (χ3v) is 7.46. The Morgan fingerprint density at radius 3 is 2.68 bits per heavy atom. The van der Waals surface area contributed by atoms with Gasteiger partial charge in [-0.05, 0) is 48.9 Å². The molecule has 2 aromatic rings. The van der Waals surface area contributed by atoms with E-state index in [9.17, 15) is 9.59 Å². The van der Waals surface area contributed by atoms with Crippen LogP contribution in [0.4, 0.5) is 5.69 Å². The molecule has 0 radical (unpaired) electrons. The van der Waals surface area contributed by atoms with E-state index in [1.807, 2.05) is 28.0 Å². The summed E-state index contributed by atoms with van der Waals surface area (Å²) in [5, 5.41) is 3.36. The van der Waals surface area contributed by atoms with Gasteiger partial charge in [-0.25, -0.2) is 0 Å². The molecule has 3 aliphatic heterocycles. The Balaban J connectivity index is 1.22. The molecule has 0 atom stereocenters. The molecule has 0 bridgehead atoms. The normalized spacial score (nSPS) is 19.4. The van der Waals surface area contributed by atoms with Crippen LogP contribution in [0.5, 0.6) is 0 Å². The van der Waals surface area contributed by atoms with Crippen molar-refractivity contribution < 1.29 is 9.59 Å². The third-order valence-electron chi connectivity index (χ3n) is 6.24. The van der Waals surface area contributed by atoms with Gasteiger partial charge in [0.25, 0.3) is 5.91 Å². The molecule has 28 heavy (non-hydrogen) atoms. The Hall–Kier alpha value is -2.18. The molecule has 6 heteroatoms. The second-order valence-corrected chi connectivity index (χ2v) is 9.06. The predicted octanol–water partition coefficient (Wildman–Crippen LogP) is 2.84. The van der Waals surface area contributed by atoms with Crippen molar-refractivity contribution in [2.45, 2.75) is 32.2 Å². The first-order chi connectivity index (χ1) is 13.7. The monoisotopic (exact) mass is 395 g/mol. The molecule has 5 rings (SSSR count). The number of rotatable bonds is 2. The molecule has 1 N–H and O–H groups in total. The number of hydrogen-bond donors (Lipinski definition) is 1. The summed E-state index contributed by atoms with van der Waals surface area (Å²) in [6.45, 7) is 3.99. The van der Waals surface area contributed by atoms with Gasteiger partial charge in [-0.15, -0.1) is 11.3 Å². The van der Waals surface area contributed by atoms with Gasteiger partial charge in [0.2, 0.25) is 5.91 Å². The van der Waals surface area contributed by atoms with Crippen molar-refractivity contribution in [1.82, 2.24) is 10.2 Å². The molecule has 0 aliphatic carbocycles. The quantitative estimate of drug-likeness (QED) is 0.851. The average Bonchev–Trinajstić information content (AvgIpc) is 3.37. The highest BCUT2D eigenvalue weighted by Gasteiger charge is 2.34. The number of para-hydroxylation sites is 1. The van der Waals surface area contributed by atoms with Crippen molar-refractivity contribution in [2.24, 2.45) is 5.92 Å². The lowest BCUT2D eigenvalue weighted by molar-refractivity contribution is -0.123. The zero-order chi connectivity index (χ0) is 19.1. The molecular weight excluding hydrogens is 370 g/mol. The Bertz CT molecular complexity index is 891. The molecular formula is C22H25N3O2S. The number of hydrogen-bond acceptors (Lipinski definition) is 4. The van der Waals surface area contributed by atoms with Crippen LogP contribution in [0, 0.1) is 5.92 Å². The Morgan fingerprint density at radius 1 is 1.04 bits per heavy atom. The van der Waals surface area contributed by atoms with Gasteiger partial charge in [-0.1, -0.05) is 18.2 Å². The lowest BCUT2D eigenvalue weighted by Crippen LogP contribution is -2.44. The van der Waals surface area contributed by atoms with Crippen LogP contribution < -0.4 is 10.2 Å². The SMILES string of the molecule is O=C(c1cc2c(s1)CCNC2)N1CCC(C(=O)N2CCc3ccccc32)CC1. The minimum Gasteiger partial charge on any atom is -0.338 e. The summed E-state index contributed by atoms with van der Waals surface area (Å²) in [5.74, 6) is 0.391. The number of nitrogens with one attached hydrogen (secondary N) is 1. The summed E-state index contributed by atoms with van der Waals surface area (Å²) < 4.78 is 0. The minimum absolute atomic E-state index is 0.0240. The standard InChI is InChI=1S/C22H25N3O2S/c26-21(25-12-8-15-3-1-2-4-18(15)25)16-6-10-24(11-7-16)22(27)20-13-17-14-23-9-5-19(17)28-20/h1-4,13,16,23H,5-12,14H2. The molecule has 4 heterocycles. The minimum atomic E-state index is 0.0240.